The fourth-order valence-corrected chi connectivity index (χ4v) is 5.08. The van der Waals surface area contributed by atoms with Gasteiger partial charge in [-0.05, 0) is 97.8 Å². The zero-order valence-corrected chi connectivity index (χ0v) is 21.5. The first kappa shape index (κ1) is 25.3. The van der Waals surface area contributed by atoms with Gasteiger partial charge in [-0.3, -0.25) is 15.1 Å². The number of nitro benzene ring substituents is 1. The number of non-ortho nitro benzene ring substituents is 1. The Kier molecular flexibility index (Phi) is 7.26. The van der Waals surface area contributed by atoms with Crippen molar-refractivity contribution in [1.29, 1.82) is 0 Å². The number of ether oxygens (including phenoxy) is 3. The van der Waals surface area contributed by atoms with Crippen LogP contribution >= 0.6 is 0 Å². The first-order valence-electron chi connectivity index (χ1n) is 12.8. The smallest absolute Gasteiger partial charge is 0.269 e. The summed E-state index contributed by atoms with van der Waals surface area (Å²) >= 11 is 0. The lowest BCUT2D eigenvalue weighted by Crippen LogP contribution is -2.25. The van der Waals surface area contributed by atoms with Gasteiger partial charge in [0, 0.05) is 29.9 Å². The summed E-state index contributed by atoms with van der Waals surface area (Å²) in [6.45, 7) is 2.19. The van der Waals surface area contributed by atoms with E-state index < -0.39 is 10.3 Å². The number of hydrogen-bond donors (Lipinski definition) is 0. The predicted molar refractivity (Wildman–Crippen MR) is 145 cm³/mol. The van der Waals surface area contributed by atoms with Crippen molar-refractivity contribution in [1.82, 2.24) is 4.98 Å². The highest BCUT2D eigenvalue weighted by atomic mass is 16.6. The van der Waals surface area contributed by atoms with E-state index in [1.807, 2.05) is 42.5 Å². The molecule has 0 aliphatic heterocycles. The van der Waals surface area contributed by atoms with Crippen LogP contribution in [0.2, 0.25) is 0 Å². The maximum atomic E-state index is 10.9. The Morgan fingerprint density at radius 3 is 2.00 bits per heavy atom. The van der Waals surface area contributed by atoms with Crippen molar-refractivity contribution in [3.63, 3.8) is 0 Å². The molecule has 1 aliphatic rings. The largest absolute Gasteiger partial charge is 0.493 e. The van der Waals surface area contributed by atoms with Crippen LogP contribution in [0.4, 0.5) is 5.69 Å². The molecular weight excluding hydrogens is 480 g/mol. The molecule has 7 heteroatoms. The molecule has 1 unspecified atom stereocenters. The molecule has 1 heterocycles. The lowest BCUT2D eigenvalue weighted by molar-refractivity contribution is -0.384. The van der Waals surface area contributed by atoms with Gasteiger partial charge in [0.25, 0.3) is 5.69 Å². The first-order valence-corrected chi connectivity index (χ1v) is 12.8. The van der Waals surface area contributed by atoms with E-state index in [-0.39, 0.29) is 11.8 Å². The molecule has 7 nitrogen and oxygen atoms in total. The summed E-state index contributed by atoms with van der Waals surface area (Å²) in [5, 5.41) is 10.9. The van der Waals surface area contributed by atoms with E-state index in [4.69, 9.17) is 14.2 Å². The molecule has 5 rings (SSSR count). The van der Waals surface area contributed by atoms with Gasteiger partial charge in [0.1, 0.15) is 11.5 Å². The van der Waals surface area contributed by atoms with Gasteiger partial charge in [-0.1, -0.05) is 18.2 Å². The van der Waals surface area contributed by atoms with Crippen LogP contribution in [0.25, 0.3) is 0 Å². The van der Waals surface area contributed by atoms with Gasteiger partial charge in [-0.2, -0.15) is 0 Å². The molecule has 1 atom stereocenters. The Morgan fingerprint density at radius 1 is 0.816 bits per heavy atom. The molecule has 38 heavy (non-hydrogen) atoms. The summed E-state index contributed by atoms with van der Waals surface area (Å²) in [4.78, 5) is 14.7. The molecule has 0 amide bonds. The van der Waals surface area contributed by atoms with Crippen LogP contribution in [-0.4, -0.2) is 23.1 Å². The maximum absolute atomic E-state index is 10.9. The van der Waals surface area contributed by atoms with Gasteiger partial charge in [-0.15, -0.1) is 0 Å². The zero-order valence-electron chi connectivity index (χ0n) is 21.5. The van der Waals surface area contributed by atoms with Crippen molar-refractivity contribution in [2.45, 2.75) is 44.1 Å². The lowest BCUT2D eigenvalue weighted by Gasteiger charge is -2.32. The lowest BCUT2D eigenvalue weighted by atomic mass is 9.71. The molecule has 0 saturated heterocycles. The average molecular weight is 511 g/mol. The molecule has 1 fully saturated rings. The molecule has 0 N–H and O–H groups in total. The Bertz CT molecular complexity index is 1380. The first-order chi connectivity index (χ1) is 18.5. The van der Waals surface area contributed by atoms with E-state index in [0.29, 0.717) is 11.5 Å². The normalized spacial score (nSPS) is 15.0. The number of nitrogens with zero attached hydrogens (tertiary/aromatic N) is 2. The third kappa shape index (κ3) is 5.18. The van der Waals surface area contributed by atoms with Gasteiger partial charge >= 0.3 is 0 Å². The highest BCUT2D eigenvalue weighted by Crippen LogP contribution is 2.43. The molecular formula is C31H30N2O5. The van der Waals surface area contributed by atoms with Gasteiger partial charge in [0.05, 0.1) is 18.1 Å². The summed E-state index contributed by atoms with van der Waals surface area (Å²) in [6, 6.07) is 24.2. The number of pyridine rings is 1. The van der Waals surface area contributed by atoms with E-state index in [9.17, 15) is 10.1 Å². The summed E-state index contributed by atoms with van der Waals surface area (Å²) < 4.78 is 18.0. The van der Waals surface area contributed by atoms with Crippen molar-refractivity contribution < 1.29 is 19.1 Å². The van der Waals surface area contributed by atoms with Crippen LogP contribution in [0.15, 0.2) is 91.3 Å². The molecule has 0 radical (unpaired) electrons. The summed E-state index contributed by atoms with van der Waals surface area (Å²) in [6.07, 6.45) is 8.32. The van der Waals surface area contributed by atoms with E-state index in [2.05, 4.69) is 24.0 Å². The Morgan fingerprint density at radius 2 is 1.39 bits per heavy atom. The van der Waals surface area contributed by atoms with Gasteiger partial charge in [0.15, 0.2) is 11.5 Å². The van der Waals surface area contributed by atoms with E-state index in [0.717, 1.165) is 41.0 Å². The zero-order chi connectivity index (χ0) is 26.5. The second kappa shape index (κ2) is 10.9. The van der Waals surface area contributed by atoms with E-state index in [1.165, 1.54) is 25.0 Å². The topological polar surface area (TPSA) is 83.7 Å². The van der Waals surface area contributed by atoms with Crippen LogP contribution < -0.4 is 14.2 Å². The third-order valence-corrected chi connectivity index (χ3v) is 7.31. The average Bonchev–Trinajstić information content (AvgIpc) is 3.47. The van der Waals surface area contributed by atoms with Gasteiger partial charge in [-0.25, -0.2) is 0 Å². The SMILES string of the molecule is COc1ccc(C(C)(c2ccncc2)c2ccc(Oc3ccc([N+](=O)[O-])cc3)cc2)cc1OC1CCCC1. The van der Waals surface area contributed by atoms with Crippen molar-refractivity contribution >= 4 is 5.69 Å². The second-order valence-corrected chi connectivity index (χ2v) is 9.63. The standard InChI is InChI=1S/C31H30N2O5/c1-31(23-17-19-32-20-18-23,24-9-16-29(36-2)30(21-24)38-26-5-3-4-6-26)22-7-12-27(13-8-22)37-28-14-10-25(11-15-28)33(34)35/h7-21,26H,3-6H2,1-2H3. The summed E-state index contributed by atoms with van der Waals surface area (Å²) in [5.41, 5.74) is 2.75. The van der Waals surface area contributed by atoms with Crippen molar-refractivity contribution in [2.75, 3.05) is 7.11 Å². The van der Waals surface area contributed by atoms with Crippen LogP contribution in [0.5, 0.6) is 23.0 Å². The number of methoxy groups -OCH3 is 1. The van der Waals surface area contributed by atoms with Crippen LogP contribution in [0.1, 0.15) is 49.3 Å². The molecule has 1 aromatic heterocycles. The fourth-order valence-electron chi connectivity index (χ4n) is 5.08. The van der Waals surface area contributed by atoms with Crippen LogP contribution in [-0.2, 0) is 5.41 Å². The molecule has 0 bridgehead atoms. The number of rotatable bonds is 9. The predicted octanol–water partition coefficient (Wildman–Crippen LogP) is 7.47. The highest BCUT2D eigenvalue weighted by molar-refractivity contribution is 5.54. The third-order valence-electron chi connectivity index (χ3n) is 7.31. The number of nitro groups is 1. The van der Waals surface area contributed by atoms with Gasteiger partial charge < -0.3 is 14.2 Å². The summed E-state index contributed by atoms with van der Waals surface area (Å²) in [5.74, 6) is 2.66. The molecule has 1 saturated carbocycles. The molecule has 3 aromatic carbocycles. The fraction of sp³-hybridized carbons (Fsp3) is 0.258. The van der Waals surface area contributed by atoms with Crippen LogP contribution in [0, 0.1) is 10.1 Å². The van der Waals surface area contributed by atoms with Crippen molar-refractivity contribution in [3.05, 3.63) is 118 Å². The second-order valence-electron chi connectivity index (χ2n) is 9.63. The molecule has 1 aliphatic carbocycles. The minimum absolute atomic E-state index is 0.0246. The molecule has 0 spiro atoms. The Hall–Kier alpha value is -4.39. The minimum Gasteiger partial charge on any atom is -0.493 e. The number of benzene rings is 3. The monoisotopic (exact) mass is 510 g/mol. The molecule has 4 aromatic rings. The van der Waals surface area contributed by atoms with Crippen molar-refractivity contribution in [2.24, 2.45) is 0 Å². The maximum Gasteiger partial charge on any atom is 0.269 e. The quantitative estimate of drug-likeness (QED) is 0.172. The summed E-state index contributed by atoms with van der Waals surface area (Å²) in [7, 11) is 1.67. The van der Waals surface area contributed by atoms with E-state index in [1.54, 1.807) is 31.6 Å². The minimum atomic E-state index is -0.505. The van der Waals surface area contributed by atoms with E-state index >= 15 is 0 Å². The van der Waals surface area contributed by atoms with Crippen LogP contribution in [0.3, 0.4) is 0 Å². The molecule has 194 valence electrons. The number of aromatic nitrogens is 1. The Balaban J connectivity index is 1.49. The van der Waals surface area contributed by atoms with Gasteiger partial charge in [0.2, 0.25) is 0 Å². The highest BCUT2D eigenvalue weighted by Gasteiger charge is 2.32. The van der Waals surface area contributed by atoms with Crippen molar-refractivity contribution in [3.8, 4) is 23.0 Å². The number of hydrogen-bond acceptors (Lipinski definition) is 6. The Labute approximate surface area is 222 Å².